The van der Waals surface area contributed by atoms with Gasteiger partial charge in [0, 0.05) is 21.3 Å². The molecule has 0 aliphatic rings. The molecule has 0 unspecified atom stereocenters. The first-order chi connectivity index (χ1) is 9.63. The van der Waals surface area contributed by atoms with Gasteiger partial charge in [0.25, 0.3) is 0 Å². The molecule has 0 fully saturated rings. The highest BCUT2D eigenvalue weighted by atomic mass is 79.9. The topological polar surface area (TPSA) is 37.8 Å². The summed E-state index contributed by atoms with van der Waals surface area (Å²) in [5.41, 5.74) is 4.86. The third kappa shape index (κ3) is 2.69. The monoisotopic (exact) mass is 391 g/mol. The van der Waals surface area contributed by atoms with Crippen LogP contribution in [0.1, 0.15) is 5.56 Å². The summed E-state index contributed by atoms with van der Waals surface area (Å²) in [6.45, 7) is 2.07. The highest BCUT2D eigenvalue weighted by molar-refractivity contribution is 9.10. The van der Waals surface area contributed by atoms with Crippen LogP contribution in [-0.4, -0.2) is 9.97 Å². The number of pyridine rings is 2. The fourth-order valence-corrected chi connectivity index (χ4v) is 2.65. The van der Waals surface area contributed by atoms with Gasteiger partial charge in [-0.1, -0.05) is 6.07 Å². The molecular formula is C15H11Br2N3. The number of fused-ring (bicyclic) bond motifs is 1. The number of nitrogens with zero attached hydrogens (tertiary/aromatic N) is 2. The van der Waals surface area contributed by atoms with Crippen LogP contribution in [-0.2, 0) is 0 Å². The molecule has 100 valence electrons. The molecule has 3 nitrogen and oxygen atoms in total. The maximum atomic E-state index is 4.44. The molecule has 0 amide bonds. The molecule has 20 heavy (non-hydrogen) atoms. The first-order valence-electron chi connectivity index (χ1n) is 6.07. The Kier molecular flexibility index (Phi) is 3.72. The Morgan fingerprint density at radius 3 is 2.70 bits per heavy atom. The van der Waals surface area contributed by atoms with E-state index in [9.17, 15) is 0 Å². The van der Waals surface area contributed by atoms with Gasteiger partial charge in [0.15, 0.2) is 0 Å². The van der Waals surface area contributed by atoms with Gasteiger partial charge in [-0.05, 0) is 68.6 Å². The second-order valence-corrected chi connectivity index (χ2v) is 6.26. The first kappa shape index (κ1) is 13.5. The van der Waals surface area contributed by atoms with Crippen molar-refractivity contribution < 1.29 is 0 Å². The quantitative estimate of drug-likeness (QED) is 0.650. The molecular weight excluding hydrogens is 382 g/mol. The fraction of sp³-hybridized carbons (Fsp3) is 0.0667. The Balaban J connectivity index is 2.09. The minimum Gasteiger partial charge on any atom is -0.353 e. The molecule has 0 spiro atoms. The average Bonchev–Trinajstić information content (AvgIpc) is 2.43. The molecule has 0 atom stereocenters. The zero-order valence-electron chi connectivity index (χ0n) is 10.7. The van der Waals surface area contributed by atoms with Crippen molar-refractivity contribution in [2.24, 2.45) is 0 Å². The van der Waals surface area contributed by atoms with Gasteiger partial charge in [-0.3, -0.25) is 9.97 Å². The van der Waals surface area contributed by atoms with Crippen LogP contribution in [0.3, 0.4) is 0 Å². The predicted molar refractivity (Wildman–Crippen MR) is 89.4 cm³/mol. The standard InChI is InChI=1S/C15H11Br2N3/c1-9-2-3-11(17)13(6-9)20-12-4-5-18-14-7-10(16)8-19-15(12)14/h2-8H,1H3,(H,18,20). The lowest BCUT2D eigenvalue weighted by Gasteiger charge is -2.11. The molecule has 2 aromatic heterocycles. The van der Waals surface area contributed by atoms with Crippen molar-refractivity contribution in [3.05, 3.63) is 57.2 Å². The lowest BCUT2D eigenvalue weighted by molar-refractivity contribution is 1.32. The summed E-state index contributed by atoms with van der Waals surface area (Å²) < 4.78 is 1.94. The highest BCUT2D eigenvalue weighted by Gasteiger charge is 2.06. The number of hydrogen-bond donors (Lipinski definition) is 1. The van der Waals surface area contributed by atoms with Crippen LogP contribution in [0.2, 0.25) is 0 Å². The predicted octanol–water partition coefficient (Wildman–Crippen LogP) is 5.21. The number of benzene rings is 1. The molecule has 0 aliphatic carbocycles. The first-order valence-corrected chi connectivity index (χ1v) is 7.65. The molecule has 1 aromatic carbocycles. The zero-order chi connectivity index (χ0) is 14.1. The second kappa shape index (κ2) is 5.50. The van der Waals surface area contributed by atoms with Crippen LogP contribution in [0.25, 0.3) is 11.0 Å². The van der Waals surface area contributed by atoms with Crippen LogP contribution in [0.4, 0.5) is 11.4 Å². The van der Waals surface area contributed by atoms with Crippen molar-refractivity contribution in [2.75, 3.05) is 5.32 Å². The summed E-state index contributed by atoms with van der Waals surface area (Å²) in [7, 11) is 0. The van der Waals surface area contributed by atoms with Gasteiger partial charge in [0.1, 0.15) is 5.52 Å². The van der Waals surface area contributed by atoms with Crippen LogP contribution in [0.15, 0.2) is 51.7 Å². The average molecular weight is 393 g/mol. The molecule has 0 saturated carbocycles. The minimum atomic E-state index is 0.851. The molecule has 1 N–H and O–H groups in total. The molecule has 0 saturated heterocycles. The van der Waals surface area contributed by atoms with Crippen LogP contribution < -0.4 is 5.32 Å². The van der Waals surface area contributed by atoms with Crippen molar-refractivity contribution in [3.8, 4) is 0 Å². The van der Waals surface area contributed by atoms with Gasteiger partial charge in [-0.2, -0.15) is 0 Å². The van der Waals surface area contributed by atoms with E-state index in [-0.39, 0.29) is 0 Å². The Labute approximate surface area is 133 Å². The normalized spacial score (nSPS) is 10.8. The highest BCUT2D eigenvalue weighted by Crippen LogP contribution is 2.30. The smallest absolute Gasteiger partial charge is 0.112 e. The van der Waals surface area contributed by atoms with E-state index in [1.807, 2.05) is 18.2 Å². The van der Waals surface area contributed by atoms with E-state index in [4.69, 9.17) is 0 Å². The summed E-state index contributed by atoms with van der Waals surface area (Å²) in [5, 5.41) is 3.41. The Hall–Kier alpha value is -1.46. The number of nitrogens with one attached hydrogen (secondary N) is 1. The Morgan fingerprint density at radius 2 is 1.85 bits per heavy atom. The number of anilines is 2. The van der Waals surface area contributed by atoms with Gasteiger partial charge < -0.3 is 5.32 Å². The number of aromatic nitrogens is 2. The number of aryl methyl sites for hydroxylation is 1. The number of hydrogen-bond acceptors (Lipinski definition) is 3. The maximum Gasteiger partial charge on any atom is 0.112 e. The molecule has 3 rings (SSSR count). The maximum absolute atomic E-state index is 4.44. The zero-order valence-corrected chi connectivity index (χ0v) is 13.9. The Morgan fingerprint density at radius 1 is 1.00 bits per heavy atom. The van der Waals surface area contributed by atoms with E-state index in [0.29, 0.717) is 0 Å². The van der Waals surface area contributed by atoms with Crippen LogP contribution in [0.5, 0.6) is 0 Å². The van der Waals surface area contributed by atoms with Crippen molar-refractivity contribution >= 4 is 54.3 Å². The van der Waals surface area contributed by atoms with Crippen molar-refractivity contribution in [3.63, 3.8) is 0 Å². The second-order valence-electron chi connectivity index (χ2n) is 4.49. The van der Waals surface area contributed by atoms with Gasteiger partial charge in [0.05, 0.1) is 16.9 Å². The molecule has 2 heterocycles. The molecule has 3 aromatic rings. The van der Waals surface area contributed by atoms with E-state index in [1.165, 1.54) is 5.56 Å². The summed E-state index contributed by atoms with van der Waals surface area (Å²) in [5.74, 6) is 0. The molecule has 0 aliphatic heterocycles. The summed E-state index contributed by atoms with van der Waals surface area (Å²) >= 11 is 6.97. The van der Waals surface area contributed by atoms with E-state index < -0.39 is 0 Å². The Bertz CT molecular complexity index is 787. The lowest BCUT2D eigenvalue weighted by atomic mass is 10.2. The van der Waals surface area contributed by atoms with Crippen LogP contribution >= 0.6 is 31.9 Å². The third-order valence-corrected chi connectivity index (χ3v) is 4.06. The summed E-state index contributed by atoms with van der Waals surface area (Å²) in [6, 6.07) is 10.1. The van der Waals surface area contributed by atoms with Gasteiger partial charge in [0.2, 0.25) is 0 Å². The SMILES string of the molecule is Cc1ccc(Br)c(Nc2ccnc3cc(Br)cnc23)c1. The number of rotatable bonds is 2. The van der Waals surface area contributed by atoms with E-state index in [2.05, 4.69) is 66.2 Å². The summed E-state index contributed by atoms with van der Waals surface area (Å²) in [6.07, 6.45) is 3.56. The van der Waals surface area contributed by atoms with Crippen molar-refractivity contribution in [1.29, 1.82) is 0 Å². The van der Waals surface area contributed by atoms with E-state index in [1.54, 1.807) is 12.4 Å². The van der Waals surface area contributed by atoms with E-state index in [0.717, 1.165) is 31.4 Å². The summed E-state index contributed by atoms with van der Waals surface area (Å²) in [4.78, 5) is 8.78. The number of halogens is 2. The van der Waals surface area contributed by atoms with Crippen molar-refractivity contribution in [2.45, 2.75) is 6.92 Å². The molecule has 5 heteroatoms. The van der Waals surface area contributed by atoms with Crippen LogP contribution in [0, 0.1) is 6.92 Å². The van der Waals surface area contributed by atoms with Crippen molar-refractivity contribution in [1.82, 2.24) is 9.97 Å². The molecule has 0 bridgehead atoms. The van der Waals surface area contributed by atoms with Gasteiger partial charge in [-0.15, -0.1) is 0 Å². The van der Waals surface area contributed by atoms with E-state index >= 15 is 0 Å². The largest absolute Gasteiger partial charge is 0.353 e. The third-order valence-electron chi connectivity index (χ3n) is 2.94. The van der Waals surface area contributed by atoms with Gasteiger partial charge >= 0.3 is 0 Å². The minimum absolute atomic E-state index is 0.851. The fourth-order valence-electron chi connectivity index (χ4n) is 1.99. The van der Waals surface area contributed by atoms with Gasteiger partial charge in [-0.25, -0.2) is 0 Å². The molecule has 0 radical (unpaired) electrons. The lowest BCUT2D eigenvalue weighted by Crippen LogP contribution is -1.95.